The minimum absolute atomic E-state index is 0.164. The van der Waals surface area contributed by atoms with Crippen LogP contribution in [0.1, 0.15) is 53.4 Å². The zero-order valence-corrected chi connectivity index (χ0v) is 12.1. The van der Waals surface area contributed by atoms with Crippen LogP contribution in [0.2, 0.25) is 0 Å². The third-order valence-electron chi connectivity index (χ3n) is 5.08. The minimum atomic E-state index is 0.164. The minimum Gasteiger partial charge on any atom is -0.282 e. The molecular formula is C16H26O2. The molecular weight excluding hydrogens is 224 g/mol. The first kappa shape index (κ1) is 13.7. The topological polar surface area (TPSA) is 18.5 Å². The SMILES string of the molecule is C#COOC1CC(C)CC2(C)CC(C)CC(C)C12. The van der Waals surface area contributed by atoms with E-state index in [4.69, 9.17) is 16.2 Å². The second-order valence-electron chi connectivity index (χ2n) is 7.08. The van der Waals surface area contributed by atoms with Crippen LogP contribution < -0.4 is 0 Å². The van der Waals surface area contributed by atoms with Gasteiger partial charge >= 0.3 is 0 Å². The second-order valence-corrected chi connectivity index (χ2v) is 7.08. The van der Waals surface area contributed by atoms with E-state index in [0.29, 0.717) is 23.2 Å². The molecule has 0 bridgehead atoms. The third kappa shape index (κ3) is 2.52. The van der Waals surface area contributed by atoms with Gasteiger partial charge in [0.2, 0.25) is 0 Å². The standard InChI is InChI=1S/C16H26O2/c1-6-17-18-14-8-12(3)10-16(5)9-11(2)7-13(4)15(14)16/h1,11-15H,7-10H2,2-5H3. The van der Waals surface area contributed by atoms with Crippen molar-refractivity contribution in [1.29, 1.82) is 0 Å². The Labute approximate surface area is 111 Å². The van der Waals surface area contributed by atoms with Crippen molar-refractivity contribution in [2.75, 3.05) is 0 Å². The maximum Gasteiger partial charge on any atom is 0.153 e. The summed E-state index contributed by atoms with van der Waals surface area (Å²) in [6.07, 6.45) is 12.4. The van der Waals surface area contributed by atoms with Crippen molar-refractivity contribution in [3.05, 3.63) is 0 Å². The highest BCUT2D eigenvalue weighted by molar-refractivity contribution is 4.99. The van der Waals surface area contributed by atoms with Crippen molar-refractivity contribution < 1.29 is 9.78 Å². The number of hydrogen-bond acceptors (Lipinski definition) is 2. The highest BCUT2D eigenvalue weighted by Crippen LogP contribution is 2.56. The number of hydrogen-bond donors (Lipinski definition) is 0. The molecule has 2 saturated carbocycles. The van der Waals surface area contributed by atoms with Gasteiger partial charge in [-0.2, -0.15) is 4.89 Å². The van der Waals surface area contributed by atoms with E-state index < -0.39 is 0 Å². The van der Waals surface area contributed by atoms with Crippen molar-refractivity contribution in [3.8, 4) is 12.5 Å². The molecule has 0 N–H and O–H groups in total. The van der Waals surface area contributed by atoms with Gasteiger partial charge < -0.3 is 0 Å². The number of rotatable bonds is 2. The summed E-state index contributed by atoms with van der Waals surface area (Å²) in [5.74, 6) is 2.78. The van der Waals surface area contributed by atoms with Gasteiger partial charge in [-0.05, 0) is 54.8 Å². The fourth-order valence-electron chi connectivity index (χ4n) is 5.13. The van der Waals surface area contributed by atoms with Gasteiger partial charge in [0.1, 0.15) is 6.10 Å². The Morgan fingerprint density at radius 3 is 2.33 bits per heavy atom. The quantitative estimate of drug-likeness (QED) is 0.419. The Balaban J connectivity index is 2.19. The first-order valence-corrected chi connectivity index (χ1v) is 7.24. The van der Waals surface area contributed by atoms with Gasteiger partial charge in [-0.15, -0.1) is 0 Å². The fraction of sp³-hybridized carbons (Fsp3) is 0.875. The summed E-state index contributed by atoms with van der Waals surface area (Å²) in [6.45, 7) is 9.50. The highest BCUT2D eigenvalue weighted by Gasteiger charge is 2.51. The van der Waals surface area contributed by atoms with Gasteiger partial charge in [-0.1, -0.05) is 34.1 Å². The molecule has 2 nitrogen and oxygen atoms in total. The summed E-state index contributed by atoms with van der Waals surface area (Å²) >= 11 is 0. The van der Waals surface area contributed by atoms with Crippen LogP contribution in [0.3, 0.4) is 0 Å². The predicted octanol–water partition coefficient (Wildman–Crippen LogP) is 4.01. The van der Waals surface area contributed by atoms with E-state index in [0.717, 1.165) is 12.3 Å². The Hall–Kier alpha value is -0.680. The Morgan fingerprint density at radius 1 is 1.11 bits per heavy atom. The van der Waals surface area contributed by atoms with Crippen LogP contribution in [-0.2, 0) is 9.78 Å². The van der Waals surface area contributed by atoms with Gasteiger partial charge in [-0.3, -0.25) is 4.89 Å². The molecule has 2 rings (SSSR count). The summed E-state index contributed by atoms with van der Waals surface area (Å²) < 4.78 is 0. The van der Waals surface area contributed by atoms with Crippen LogP contribution in [0.15, 0.2) is 0 Å². The third-order valence-corrected chi connectivity index (χ3v) is 5.08. The predicted molar refractivity (Wildman–Crippen MR) is 72.3 cm³/mol. The van der Waals surface area contributed by atoms with Crippen LogP contribution in [0.4, 0.5) is 0 Å². The van der Waals surface area contributed by atoms with Crippen LogP contribution >= 0.6 is 0 Å². The van der Waals surface area contributed by atoms with Gasteiger partial charge in [0, 0.05) is 0 Å². The molecule has 6 atom stereocenters. The molecule has 0 saturated heterocycles. The molecule has 0 aromatic rings. The monoisotopic (exact) mass is 250 g/mol. The molecule has 6 unspecified atom stereocenters. The summed E-state index contributed by atoms with van der Waals surface area (Å²) in [5.41, 5.74) is 0.386. The van der Waals surface area contributed by atoms with E-state index >= 15 is 0 Å². The van der Waals surface area contributed by atoms with E-state index in [-0.39, 0.29) is 6.10 Å². The van der Waals surface area contributed by atoms with E-state index in [9.17, 15) is 0 Å². The van der Waals surface area contributed by atoms with Crippen LogP contribution in [0, 0.1) is 41.6 Å². The molecule has 0 radical (unpaired) electrons. The normalized spacial score (nSPS) is 48.1. The highest BCUT2D eigenvalue weighted by atomic mass is 17.2. The second kappa shape index (κ2) is 5.13. The first-order valence-electron chi connectivity index (χ1n) is 7.24. The summed E-state index contributed by atoms with van der Waals surface area (Å²) in [4.78, 5) is 10.3. The molecule has 0 aliphatic heterocycles. The molecule has 2 heteroatoms. The Bertz CT molecular complexity index is 328. The van der Waals surface area contributed by atoms with Gasteiger partial charge in [-0.25, -0.2) is 0 Å². The number of terminal acetylenes is 1. The molecule has 0 aromatic carbocycles. The van der Waals surface area contributed by atoms with Gasteiger partial charge in [0.05, 0.1) is 0 Å². The lowest BCUT2D eigenvalue weighted by atomic mass is 9.52. The zero-order chi connectivity index (χ0) is 13.3. The average molecular weight is 250 g/mol. The smallest absolute Gasteiger partial charge is 0.153 e. The lowest BCUT2D eigenvalue weighted by molar-refractivity contribution is -0.311. The molecule has 0 amide bonds. The van der Waals surface area contributed by atoms with Gasteiger partial charge in [0.15, 0.2) is 6.11 Å². The van der Waals surface area contributed by atoms with Crippen molar-refractivity contribution >= 4 is 0 Å². The van der Waals surface area contributed by atoms with E-state index in [1.807, 2.05) is 0 Å². The molecule has 2 fully saturated rings. The Morgan fingerprint density at radius 2 is 1.72 bits per heavy atom. The molecule has 0 aromatic heterocycles. The molecule has 102 valence electrons. The lowest BCUT2D eigenvalue weighted by Gasteiger charge is -2.54. The molecule has 0 heterocycles. The fourth-order valence-corrected chi connectivity index (χ4v) is 5.13. The van der Waals surface area contributed by atoms with E-state index in [1.54, 1.807) is 0 Å². The van der Waals surface area contributed by atoms with Crippen molar-refractivity contribution in [1.82, 2.24) is 0 Å². The van der Waals surface area contributed by atoms with Crippen molar-refractivity contribution in [2.24, 2.45) is 29.1 Å². The zero-order valence-electron chi connectivity index (χ0n) is 12.1. The van der Waals surface area contributed by atoms with Gasteiger partial charge in [0.25, 0.3) is 0 Å². The van der Waals surface area contributed by atoms with Crippen molar-refractivity contribution in [3.63, 3.8) is 0 Å². The number of fused-ring (bicyclic) bond motifs is 1. The molecule has 2 aliphatic carbocycles. The largest absolute Gasteiger partial charge is 0.282 e. The maximum atomic E-state index is 5.51. The van der Waals surface area contributed by atoms with Crippen molar-refractivity contribution in [2.45, 2.75) is 59.5 Å². The molecule has 2 aliphatic rings. The van der Waals surface area contributed by atoms with E-state index in [1.165, 1.54) is 19.3 Å². The first-order chi connectivity index (χ1) is 8.46. The summed E-state index contributed by atoms with van der Waals surface area (Å²) in [5, 5.41) is 0. The maximum absolute atomic E-state index is 5.51. The lowest BCUT2D eigenvalue weighted by Crippen LogP contribution is -2.50. The molecule has 18 heavy (non-hydrogen) atoms. The summed E-state index contributed by atoms with van der Waals surface area (Å²) in [6, 6.07) is 0. The summed E-state index contributed by atoms with van der Waals surface area (Å²) in [7, 11) is 0. The molecule has 0 spiro atoms. The van der Waals surface area contributed by atoms with Crippen LogP contribution in [-0.4, -0.2) is 6.10 Å². The van der Waals surface area contributed by atoms with Crippen LogP contribution in [0.25, 0.3) is 0 Å². The average Bonchev–Trinajstić information content (AvgIpc) is 2.22. The van der Waals surface area contributed by atoms with Crippen LogP contribution in [0.5, 0.6) is 0 Å². The van der Waals surface area contributed by atoms with E-state index in [2.05, 4.69) is 33.8 Å². The Kier molecular flexibility index (Phi) is 3.92.